The summed E-state index contributed by atoms with van der Waals surface area (Å²) in [4.78, 5) is 12.7. The van der Waals surface area contributed by atoms with Gasteiger partial charge in [0.2, 0.25) is 10.0 Å². The van der Waals surface area contributed by atoms with Crippen LogP contribution in [0.3, 0.4) is 0 Å². The quantitative estimate of drug-likeness (QED) is 0.848. The van der Waals surface area contributed by atoms with Crippen molar-refractivity contribution in [1.82, 2.24) is 14.1 Å². The Morgan fingerprint density at radius 2 is 1.74 bits per heavy atom. The maximum Gasteiger partial charge on any atom is 0.273 e. The Bertz CT molecular complexity index is 923. The summed E-state index contributed by atoms with van der Waals surface area (Å²) in [5.74, 6) is -0.296. The van der Waals surface area contributed by atoms with Gasteiger partial charge in [0.05, 0.1) is 10.6 Å². The highest BCUT2D eigenvalue weighted by Gasteiger charge is 2.24. The average molecular weight is 393 g/mol. The first-order valence-corrected chi connectivity index (χ1v) is 10.2. The minimum Gasteiger partial charge on any atom is -0.321 e. The second-order valence-corrected chi connectivity index (χ2v) is 9.88. The number of nitrogens with zero attached hydrogens (tertiary/aromatic N) is 3. The molecule has 2 rings (SSSR count). The Kier molecular flexibility index (Phi) is 5.82. The summed E-state index contributed by atoms with van der Waals surface area (Å²) in [5, 5.41) is 7.18. The fraction of sp³-hybridized carbons (Fsp3) is 0.474. The highest BCUT2D eigenvalue weighted by atomic mass is 32.2. The monoisotopic (exact) mass is 392 g/mol. The molecule has 1 heterocycles. The van der Waals surface area contributed by atoms with Crippen LogP contribution >= 0.6 is 0 Å². The number of hydrogen-bond acceptors (Lipinski definition) is 4. The predicted octanol–water partition coefficient (Wildman–Crippen LogP) is 3.00. The maximum absolute atomic E-state index is 12.6. The molecule has 0 aliphatic rings. The van der Waals surface area contributed by atoms with Crippen LogP contribution in [0.1, 0.15) is 50.8 Å². The molecule has 0 spiro atoms. The molecule has 1 aromatic heterocycles. The lowest BCUT2D eigenvalue weighted by Gasteiger charge is -2.21. The fourth-order valence-electron chi connectivity index (χ4n) is 2.40. The van der Waals surface area contributed by atoms with Crippen LogP contribution in [0, 0.1) is 0 Å². The SMILES string of the molecule is CC(C)N(C)S(=O)(=O)c1ccc(NC(=O)c2cc(C(C)(C)C)nn2C)cc1. The molecule has 0 fully saturated rings. The van der Waals surface area contributed by atoms with Gasteiger partial charge in [0.1, 0.15) is 5.69 Å². The van der Waals surface area contributed by atoms with Crippen molar-refractivity contribution in [2.75, 3.05) is 12.4 Å². The zero-order valence-corrected chi connectivity index (χ0v) is 17.8. The number of nitrogens with one attached hydrogen (secondary N) is 1. The minimum atomic E-state index is -3.55. The summed E-state index contributed by atoms with van der Waals surface area (Å²) in [5.41, 5.74) is 1.63. The Hall–Kier alpha value is -2.19. The summed E-state index contributed by atoms with van der Waals surface area (Å²) in [6.45, 7) is 9.72. The third-order valence-corrected chi connectivity index (χ3v) is 6.45. The summed E-state index contributed by atoms with van der Waals surface area (Å²) >= 11 is 0. The summed E-state index contributed by atoms with van der Waals surface area (Å²) in [6.07, 6.45) is 0. The minimum absolute atomic E-state index is 0.142. The molecule has 2 aromatic rings. The van der Waals surface area contributed by atoms with E-state index in [4.69, 9.17) is 0 Å². The zero-order valence-electron chi connectivity index (χ0n) is 16.9. The molecule has 8 heteroatoms. The van der Waals surface area contributed by atoms with E-state index in [2.05, 4.69) is 10.4 Å². The van der Waals surface area contributed by atoms with E-state index >= 15 is 0 Å². The van der Waals surface area contributed by atoms with Gasteiger partial charge < -0.3 is 5.32 Å². The number of carbonyl (C=O) groups excluding carboxylic acids is 1. The van der Waals surface area contributed by atoms with Crippen LogP contribution in [-0.2, 0) is 22.5 Å². The molecule has 1 amide bonds. The molecular weight excluding hydrogens is 364 g/mol. The number of anilines is 1. The Morgan fingerprint density at radius 3 is 2.19 bits per heavy atom. The van der Waals surface area contributed by atoms with E-state index < -0.39 is 10.0 Å². The predicted molar refractivity (Wildman–Crippen MR) is 106 cm³/mol. The van der Waals surface area contributed by atoms with Gasteiger partial charge in [0, 0.05) is 31.2 Å². The third-order valence-electron chi connectivity index (χ3n) is 4.40. The van der Waals surface area contributed by atoms with Crippen LogP contribution in [0.4, 0.5) is 5.69 Å². The van der Waals surface area contributed by atoms with Gasteiger partial charge in [-0.2, -0.15) is 9.40 Å². The topological polar surface area (TPSA) is 84.3 Å². The van der Waals surface area contributed by atoms with Crippen LogP contribution in [0.2, 0.25) is 0 Å². The van der Waals surface area contributed by atoms with Crippen molar-refractivity contribution in [3.63, 3.8) is 0 Å². The molecule has 1 N–H and O–H groups in total. The lowest BCUT2D eigenvalue weighted by atomic mass is 9.92. The Morgan fingerprint density at radius 1 is 1.19 bits per heavy atom. The van der Waals surface area contributed by atoms with Crippen LogP contribution in [0.15, 0.2) is 35.2 Å². The van der Waals surface area contributed by atoms with Gasteiger partial charge in [-0.25, -0.2) is 8.42 Å². The average Bonchev–Trinajstić information content (AvgIpc) is 2.96. The molecule has 0 aliphatic heterocycles. The zero-order chi connectivity index (χ0) is 20.6. The molecule has 27 heavy (non-hydrogen) atoms. The number of aryl methyl sites for hydroxylation is 1. The van der Waals surface area contributed by atoms with Gasteiger partial charge in [-0.05, 0) is 44.2 Å². The number of hydrogen-bond donors (Lipinski definition) is 1. The van der Waals surface area contributed by atoms with E-state index in [1.54, 1.807) is 37.0 Å². The smallest absolute Gasteiger partial charge is 0.273 e. The Labute approximate surface area is 161 Å². The molecule has 0 saturated heterocycles. The molecule has 0 saturated carbocycles. The second kappa shape index (κ2) is 7.44. The van der Waals surface area contributed by atoms with Crippen LogP contribution in [0.5, 0.6) is 0 Å². The van der Waals surface area contributed by atoms with Crippen LogP contribution in [0.25, 0.3) is 0 Å². The van der Waals surface area contributed by atoms with Gasteiger partial charge in [-0.1, -0.05) is 20.8 Å². The molecular formula is C19H28N4O3S. The first kappa shape index (κ1) is 21.1. The van der Waals surface area contributed by atoms with Gasteiger partial charge in [0.15, 0.2) is 0 Å². The van der Waals surface area contributed by atoms with Gasteiger partial charge in [-0.15, -0.1) is 0 Å². The molecule has 0 radical (unpaired) electrons. The second-order valence-electron chi connectivity index (χ2n) is 7.88. The lowest BCUT2D eigenvalue weighted by Crippen LogP contribution is -2.33. The first-order valence-electron chi connectivity index (χ1n) is 8.78. The molecule has 0 aliphatic carbocycles. The van der Waals surface area contributed by atoms with Crippen molar-refractivity contribution < 1.29 is 13.2 Å². The van der Waals surface area contributed by atoms with E-state index in [0.29, 0.717) is 11.4 Å². The van der Waals surface area contributed by atoms with Crippen molar-refractivity contribution >= 4 is 21.6 Å². The molecule has 1 aromatic carbocycles. The Balaban J connectivity index is 2.20. The fourth-order valence-corrected chi connectivity index (χ4v) is 3.76. The van der Waals surface area contributed by atoms with Gasteiger partial charge >= 0.3 is 0 Å². The van der Waals surface area contributed by atoms with Crippen molar-refractivity contribution in [2.45, 2.75) is 51.0 Å². The van der Waals surface area contributed by atoms with E-state index in [1.165, 1.54) is 16.4 Å². The lowest BCUT2D eigenvalue weighted by molar-refractivity contribution is 0.101. The third kappa shape index (κ3) is 4.56. The highest BCUT2D eigenvalue weighted by Crippen LogP contribution is 2.23. The number of sulfonamides is 1. The van der Waals surface area contributed by atoms with Crippen LogP contribution < -0.4 is 5.32 Å². The van der Waals surface area contributed by atoms with Crippen molar-refractivity contribution in [3.05, 3.63) is 41.7 Å². The highest BCUT2D eigenvalue weighted by molar-refractivity contribution is 7.89. The van der Waals surface area contributed by atoms with E-state index in [-0.39, 0.29) is 22.3 Å². The molecule has 0 unspecified atom stereocenters. The van der Waals surface area contributed by atoms with Crippen molar-refractivity contribution in [1.29, 1.82) is 0 Å². The summed E-state index contributed by atoms with van der Waals surface area (Å²) < 4.78 is 27.9. The van der Waals surface area contributed by atoms with Gasteiger partial charge in [-0.3, -0.25) is 9.48 Å². The number of amides is 1. The van der Waals surface area contributed by atoms with E-state index in [0.717, 1.165) is 5.69 Å². The normalized spacial score (nSPS) is 12.6. The largest absolute Gasteiger partial charge is 0.321 e. The number of rotatable bonds is 5. The standard InChI is InChI=1S/C19H28N4O3S/c1-13(2)23(7)27(25,26)15-10-8-14(9-11-15)20-18(24)16-12-17(19(3,4)5)21-22(16)6/h8-13H,1-7H3,(H,20,24). The number of aromatic nitrogens is 2. The van der Waals surface area contributed by atoms with E-state index in [9.17, 15) is 13.2 Å². The molecule has 0 bridgehead atoms. The summed E-state index contributed by atoms with van der Waals surface area (Å²) in [7, 11) is -0.279. The van der Waals surface area contributed by atoms with Crippen molar-refractivity contribution in [3.8, 4) is 0 Å². The number of benzene rings is 1. The van der Waals surface area contributed by atoms with Crippen molar-refractivity contribution in [2.24, 2.45) is 7.05 Å². The molecule has 7 nitrogen and oxygen atoms in total. The molecule has 0 atom stereocenters. The van der Waals surface area contributed by atoms with Crippen LogP contribution in [-0.4, -0.2) is 41.5 Å². The maximum atomic E-state index is 12.6. The number of carbonyl (C=O) groups is 1. The van der Waals surface area contributed by atoms with E-state index in [1.807, 2.05) is 34.6 Å². The first-order chi connectivity index (χ1) is 12.3. The molecule has 148 valence electrons. The van der Waals surface area contributed by atoms with Gasteiger partial charge in [0.25, 0.3) is 5.91 Å². The summed E-state index contributed by atoms with van der Waals surface area (Å²) in [6, 6.07) is 7.78.